The first kappa shape index (κ1) is 16.6. The normalized spacial score (nSPS) is 13.4. The minimum absolute atomic E-state index is 0.274. The van der Waals surface area contributed by atoms with E-state index in [9.17, 15) is 0 Å². The Morgan fingerprint density at radius 3 is 2.88 bits per heavy atom. The molecule has 1 aliphatic rings. The van der Waals surface area contributed by atoms with Crippen LogP contribution in [-0.4, -0.2) is 16.9 Å². The predicted molar refractivity (Wildman–Crippen MR) is 97.7 cm³/mol. The second kappa shape index (κ2) is 6.44. The van der Waals surface area contributed by atoms with Crippen LogP contribution in [0, 0.1) is 0 Å². The molecule has 8 heteroatoms. The van der Waals surface area contributed by atoms with E-state index in [4.69, 9.17) is 14.0 Å². The molecule has 130 valence electrons. The Labute approximate surface area is 157 Å². The molecule has 0 amide bonds. The zero-order chi connectivity index (χ0) is 17.4. The minimum Gasteiger partial charge on any atom is -0.454 e. The van der Waals surface area contributed by atoms with E-state index in [0.29, 0.717) is 18.3 Å². The maximum Gasteiger partial charge on any atom is 0.240 e. The van der Waals surface area contributed by atoms with Crippen molar-refractivity contribution in [1.29, 1.82) is 0 Å². The third-order valence-electron chi connectivity index (χ3n) is 4.03. The molecule has 1 aliphatic heterocycles. The number of hydrogen-bond acceptors (Lipinski definition) is 7. The van der Waals surface area contributed by atoms with Crippen LogP contribution in [0.5, 0.6) is 11.5 Å². The molecule has 4 rings (SSSR count). The number of nitrogens with one attached hydrogen (secondary N) is 1. The van der Waals surface area contributed by atoms with Gasteiger partial charge in [-0.15, -0.1) is 11.3 Å². The van der Waals surface area contributed by atoms with Crippen LogP contribution in [0.25, 0.3) is 10.7 Å². The number of fused-ring (bicyclic) bond motifs is 1. The highest BCUT2D eigenvalue weighted by molar-refractivity contribution is 9.10. The van der Waals surface area contributed by atoms with Gasteiger partial charge in [0.2, 0.25) is 18.5 Å². The van der Waals surface area contributed by atoms with E-state index in [1.54, 1.807) is 11.3 Å². The number of aromatic nitrogens is 2. The van der Waals surface area contributed by atoms with Gasteiger partial charge in [-0.2, -0.15) is 4.98 Å². The number of nitrogens with zero attached hydrogens (tertiary/aromatic N) is 2. The van der Waals surface area contributed by atoms with Gasteiger partial charge in [-0.25, -0.2) is 0 Å². The first-order valence-electron chi connectivity index (χ1n) is 7.73. The van der Waals surface area contributed by atoms with Gasteiger partial charge in [0, 0.05) is 15.4 Å². The first-order valence-corrected chi connectivity index (χ1v) is 9.41. The third-order valence-corrected chi connectivity index (χ3v) is 5.72. The van der Waals surface area contributed by atoms with Crippen molar-refractivity contribution >= 4 is 27.3 Å². The van der Waals surface area contributed by atoms with Crippen molar-refractivity contribution in [2.24, 2.45) is 0 Å². The zero-order valence-corrected chi connectivity index (χ0v) is 16.1. The van der Waals surface area contributed by atoms with Crippen LogP contribution in [0.15, 0.2) is 38.6 Å². The summed E-state index contributed by atoms with van der Waals surface area (Å²) in [4.78, 5) is 5.42. The number of ether oxygens (including phenoxy) is 2. The highest BCUT2D eigenvalue weighted by Crippen LogP contribution is 2.35. The maximum atomic E-state index is 5.46. The van der Waals surface area contributed by atoms with E-state index >= 15 is 0 Å². The lowest BCUT2D eigenvalue weighted by Gasteiger charge is -2.26. The van der Waals surface area contributed by atoms with Crippen LogP contribution in [0.1, 0.15) is 25.3 Å². The monoisotopic (exact) mass is 421 g/mol. The van der Waals surface area contributed by atoms with Crippen LogP contribution in [0.2, 0.25) is 0 Å². The molecular formula is C17H16BrN3O3S. The fourth-order valence-electron chi connectivity index (χ4n) is 2.54. The first-order chi connectivity index (χ1) is 12.0. The Hall–Kier alpha value is -1.90. The highest BCUT2D eigenvalue weighted by Gasteiger charge is 2.24. The highest BCUT2D eigenvalue weighted by atomic mass is 79.9. The Kier molecular flexibility index (Phi) is 4.26. The van der Waals surface area contributed by atoms with Crippen molar-refractivity contribution < 1.29 is 14.0 Å². The summed E-state index contributed by atoms with van der Waals surface area (Å²) < 4.78 is 17.2. The van der Waals surface area contributed by atoms with E-state index in [2.05, 4.69) is 45.2 Å². The van der Waals surface area contributed by atoms with Gasteiger partial charge >= 0.3 is 0 Å². The molecule has 3 aromatic rings. The average molecular weight is 422 g/mol. The molecule has 0 spiro atoms. The van der Waals surface area contributed by atoms with Crippen molar-refractivity contribution in [3.8, 4) is 22.2 Å². The standard InChI is InChI=1S/C17H16BrN3O3S/c1-17(2,10-3-4-12-13(5-10)23-9-22-12)19-7-15-20-16(21-24-15)14-6-11(18)8-25-14/h3-6,8,19H,7,9H2,1-2H3. The topological polar surface area (TPSA) is 69.4 Å². The second-order valence-electron chi connectivity index (χ2n) is 6.19. The van der Waals surface area contributed by atoms with Crippen molar-refractivity contribution in [1.82, 2.24) is 15.5 Å². The third kappa shape index (κ3) is 3.42. The largest absolute Gasteiger partial charge is 0.454 e. The lowest BCUT2D eigenvalue weighted by molar-refractivity contribution is 0.174. The maximum absolute atomic E-state index is 5.46. The Morgan fingerprint density at radius 1 is 1.24 bits per heavy atom. The fraction of sp³-hybridized carbons (Fsp3) is 0.294. The molecule has 1 N–H and O–H groups in total. The zero-order valence-electron chi connectivity index (χ0n) is 13.7. The molecule has 6 nitrogen and oxygen atoms in total. The summed E-state index contributed by atoms with van der Waals surface area (Å²) >= 11 is 5.00. The molecule has 2 aromatic heterocycles. The van der Waals surface area contributed by atoms with E-state index in [1.165, 1.54) is 0 Å². The lowest BCUT2D eigenvalue weighted by atomic mass is 9.94. The molecule has 25 heavy (non-hydrogen) atoms. The Balaban J connectivity index is 1.46. The molecule has 0 bridgehead atoms. The number of rotatable bonds is 5. The van der Waals surface area contributed by atoms with Crippen LogP contribution in [-0.2, 0) is 12.1 Å². The van der Waals surface area contributed by atoms with Crippen molar-refractivity contribution in [3.63, 3.8) is 0 Å². The van der Waals surface area contributed by atoms with Gasteiger partial charge in [0.25, 0.3) is 0 Å². The van der Waals surface area contributed by atoms with Crippen LogP contribution >= 0.6 is 27.3 Å². The molecule has 3 heterocycles. The Morgan fingerprint density at radius 2 is 2.08 bits per heavy atom. The summed E-state index contributed by atoms with van der Waals surface area (Å²) in [6.45, 7) is 4.94. The lowest BCUT2D eigenvalue weighted by Crippen LogP contribution is -2.36. The van der Waals surface area contributed by atoms with Gasteiger partial charge in [0.15, 0.2) is 11.5 Å². The molecule has 0 saturated carbocycles. The number of hydrogen-bond donors (Lipinski definition) is 1. The summed E-state index contributed by atoms with van der Waals surface area (Å²) in [7, 11) is 0. The van der Waals surface area contributed by atoms with Gasteiger partial charge in [-0.3, -0.25) is 5.32 Å². The smallest absolute Gasteiger partial charge is 0.240 e. The summed E-state index contributed by atoms with van der Waals surface area (Å²) in [6, 6.07) is 7.94. The quantitative estimate of drug-likeness (QED) is 0.661. The fourth-order valence-corrected chi connectivity index (χ4v) is 3.89. The van der Waals surface area contributed by atoms with Crippen LogP contribution in [0.3, 0.4) is 0 Å². The van der Waals surface area contributed by atoms with E-state index in [1.807, 2.05) is 29.6 Å². The SMILES string of the molecule is CC(C)(NCc1nc(-c2cc(Br)cs2)no1)c1ccc2c(c1)OCO2. The molecule has 1 aromatic carbocycles. The summed E-state index contributed by atoms with van der Waals surface area (Å²) in [5, 5.41) is 9.49. The van der Waals surface area contributed by atoms with E-state index in [0.717, 1.165) is 26.4 Å². The van der Waals surface area contributed by atoms with Crippen molar-refractivity contribution in [3.05, 3.63) is 45.6 Å². The molecule has 0 radical (unpaired) electrons. The predicted octanol–water partition coefficient (Wildman–Crippen LogP) is 4.31. The van der Waals surface area contributed by atoms with Gasteiger partial charge < -0.3 is 14.0 Å². The second-order valence-corrected chi connectivity index (χ2v) is 8.01. The Bertz CT molecular complexity index is 906. The average Bonchev–Trinajstić information content (AvgIpc) is 3.32. The molecular weight excluding hydrogens is 406 g/mol. The molecule has 0 fully saturated rings. The van der Waals surface area contributed by atoms with Crippen molar-refractivity contribution in [2.75, 3.05) is 6.79 Å². The molecule has 0 unspecified atom stereocenters. The van der Waals surface area contributed by atoms with Crippen molar-refractivity contribution in [2.45, 2.75) is 25.9 Å². The number of halogens is 1. The van der Waals surface area contributed by atoms with E-state index in [-0.39, 0.29) is 12.3 Å². The van der Waals surface area contributed by atoms with Crippen LogP contribution in [0.4, 0.5) is 0 Å². The molecule has 0 saturated heterocycles. The van der Waals surface area contributed by atoms with Gasteiger partial charge in [-0.05, 0) is 53.5 Å². The molecule has 0 aliphatic carbocycles. The summed E-state index contributed by atoms with van der Waals surface area (Å²) in [5.74, 6) is 2.71. The van der Waals surface area contributed by atoms with Gasteiger partial charge in [-0.1, -0.05) is 11.2 Å². The van der Waals surface area contributed by atoms with Gasteiger partial charge in [0.1, 0.15) is 0 Å². The summed E-state index contributed by atoms with van der Waals surface area (Å²) in [6.07, 6.45) is 0. The summed E-state index contributed by atoms with van der Waals surface area (Å²) in [5.41, 5.74) is 0.806. The van der Waals surface area contributed by atoms with Crippen LogP contribution < -0.4 is 14.8 Å². The number of benzene rings is 1. The van der Waals surface area contributed by atoms with E-state index < -0.39 is 0 Å². The van der Waals surface area contributed by atoms with Gasteiger partial charge in [0.05, 0.1) is 11.4 Å². The molecule has 0 atom stereocenters. The minimum atomic E-state index is -0.290. The number of thiophene rings is 1.